The van der Waals surface area contributed by atoms with Crippen molar-refractivity contribution < 1.29 is 13.6 Å². The fourth-order valence-electron chi connectivity index (χ4n) is 3.31. The number of carbonyl (C=O) groups is 1. The van der Waals surface area contributed by atoms with E-state index < -0.39 is 6.04 Å². The van der Waals surface area contributed by atoms with Crippen LogP contribution in [0.2, 0.25) is 0 Å². The predicted molar refractivity (Wildman–Crippen MR) is 121 cm³/mol. The molecule has 0 bridgehead atoms. The van der Waals surface area contributed by atoms with Gasteiger partial charge in [-0.3, -0.25) is 4.79 Å². The first kappa shape index (κ1) is 20.8. The van der Waals surface area contributed by atoms with Crippen LogP contribution in [0.4, 0.5) is 15.2 Å². The normalized spacial score (nSPS) is 11.8. The van der Waals surface area contributed by atoms with Gasteiger partial charge in [0.1, 0.15) is 16.6 Å². The molecular weight excluding hydrogens is 413 g/mol. The third-order valence-electron chi connectivity index (χ3n) is 4.83. The number of furan rings is 1. The van der Waals surface area contributed by atoms with Crippen LogP contribution in [-0.4, -0.2) is 10.9 Å². The van der Waals surface area contributed by atoms with Gasteiger partial charge in [0.15, 0.2) is 5.76 Å². The van der Waals surface area contributed by atoms with Crippen LogP contribution in [0.5, 0.6) is 0 Å². The van der Waals surface area contributed by atoms with E-state index in [0.29, 0.717) is 10.8 Å². The molecule has 1 atom stereocenters. The Kier molecular flexibility index (Phi) is 6.13. The van der Waals surface area contributed by atoms with Gasteiger partial charge in [-0.15, -0.1) is 11.3 Å². The number of halogens is 1. The summed E-state index contributed by atoms with van der Waals surface area (Å²) in [5.41, 5.74) is 2.63. The summed E-state index contributed by atoms with van der Waals surface area (Å²) in [6.07, 6.45) is 4.00. The van der Waals surface area contributed by atoms with E-state index in [1.165, 1.54) is 29.7 Å². The van der Waals surface area contributed by atoms with Crippen molar-refractivity contribution >= 4 is 28.1 Å². The molecule has 7 heteroatoms. The molecule has 1 amide bonds. The molecule has 0 unspecified atom stereocenters. The van der Waals surface area contributed by atoms with Crippen LogP contribution in [-0.2, 0) is 6.42 Å². The Bertz CT molecular complexity index is 1190. The minimum absolute atomic E-state index is 0.230. The smallest absolute Gasteiger partial charge is 0.291 e. The van der Waals surface area contributed by atoms with Gasteiger partial charge in [-0.25, -0.2) is 9.37 Å². The zero-order valence-electron chi connectivity index (χ0n) is 17.2. The zero-order chi connectivity index (χ0) is 21.8. The van der Waals surface area contributed by atoms with Gasteiger partial charge in [0.05, 0.1) is 12.3 Å². The maximum Gasteiger partial charge on any atom is 0.291 e. The van der Waals surface area contributed by atoms with Crippen molar-refractivity contribution in [1.29, 1.82) is 0 Å². The molecule has 0 aliphatic heterocycles. The zero-order valence-corrected chi connectivity index (χ0v) is 18.0. The van der Waals surface area contributed by atoms with Gasteiger partial charge in [-0.2, -0.15) is 0 Å². The maximum absolute atomic E-state index is 14.1. The van der Waals surface area contributed by atoms with Gasteiger partial charge < -0.3 is 15.1 Å². The van der Waals surface area contributed by atoms with Gasteiger partial charge in [0.25, 0.3) is 5.91 Å². The summed E-state index contributed by atoms with van der Waals surface area (Å²) in [4.78, 5) is 18.2. The molecule has 0 spiro atoms. The molecule has 2 N–H and O–H groups in total. The molecule has 3 heterocycles. The molecule has 0 saturated carbocycles. The van der Waals surface area contributed by atoms with E-state index >= 15 is 0 Å². The Morgan fingerprint density at radius 1 is 1.19 bits per heavy atom. The fourth-order valence-corrected chi connectivity index (χ4v) is 4.34. The van der Waals surface area contributed by atoms with Crippen LogP contribution in [0.25, 0.3) is 0 Å². The van der Waals surface area contributed by atoms with E-state index in [4.69, 9.17) is 4.42 Å². The van der Waals surface area contributed by atoms with E-state index in [1.807, 2.05) is 31.2 Å². The molecule has 0 aliphatic carbocycles. The third kappa shape index (κ3) is 4.83. The Morgan fingerprint density at radius 2 is 2.06 bits per heavy atom. The molecule has 31 heavy (non-hydrogen) atoms. The van der Waals surface area contributed by atoms with Gasteiger partial charge in [0, 0.05) is 16.6 Å². The molecule has 3 aromatic heterocycles. The van der Waals surface area contributed by atoms with Crippen LogP contribution >= 0.6 is 11.3 Å². The largest absolute Gasteiger partial charge is 0.459 e. The number of aryl methyl sites for hydroxylation is 2. The van der Waals surface area contributed by atoms with Gasteiger partial charge in [-0.05, 0) is 66.9 Å². The monoisotopic (exact) mass is 435 g/mol. The van der Waals surface area contributed by atoms with Crippen molar-refractivity contribution in [1.82, 2.24) is 4.98 Å². The highest BCUT2D eigenvalue weighted by Crippen LogP contribution is 2.38. The van der Waals surface area contributed by atoms with Crippen molar-refractivity contribution in [2.45, 2.75) is 26.3 Å². The third-order valence-corrected chi connectivity index (χ3v) is 6.04. The van der Waals surface area contributed by atoms with E-state index in [1.54, 1.807) is 24.4 Å². The summed E-state index contributed by atoms with van der Waals surface area (Å²) in [7, 11) is 0. The molecule has 4 rings (SSSR count). The second-order valence-corrected chi connectivity index (χ2v) is 8.27. The number of anilines is 2. The SMILES string of the molecule is CCc1cc([C@@H](Nc2cc(C)ccn2)c2cccc(F)c2)c(NC(=O)c2ccco2)s1. The number of hydrogen-bond donors (Lipinski definition) is 2. The lowest BCUT2D eigenvalue weighted by molar-refractivity contribution is 0.0997. The topological polar surface area (TPSA) is 67.2 Å². The lowest BCUT2D eigenvalue weighted by Gasteiger charge is -2.21. The lowest BCUT2D eigenvalue weighted by atomic mass is 9.99. The standard InChI is InChI=1S/C24H22FN3O2S/c1-3-18-14-19(24(31-18)28-23(29)20-8-5-11-30-20)22(16-6-4-7-17(25)13-16)27-21-12-15(2)9-10-26-21/h4-14,22H,3H2,1-2H3,(H,26,27)(H,28,29)/t22-/m0/s1. The number of carbonyl (C=O) groups excluding carboxylic acids is 1. The minimum Gasteiger partial charge on any atom is -0.459 e. The van der Waals surface area contributed by atoms with E-state index in [2.05, 4.69) is 22.5 Å². The lowest BCUT2D eigenvalue weighted by Crippen LogP contribution is -2.17. The maximum atomic E-state index is 14.1. The van der Waals surface area contributed by atoms with Crippen LogP contribution in [0, 0.1) is 12.7 Å². The van der Waals surface area contributed by atoms with E-state index in [9.17, 15) is 9.18 Å². The molecule has 0 fully saturated rings. The summed E-state index contributed by atoms with van der Waals surface area (Å²) in [6, 6.07) is 15.2. The highest BCUT2D eigenvalue weighted by atomic mass is 32.1. The Labute approximate surface area is 184 Å². The molecule has 4 aromatic rings. The summed E-state index contributed by atoms with van der Waals surface area (Å²) >= 11 is 1.50. The predicted octanol–water partition coefficient (Wildman–Crippen LogP) is 6.20. The summed E-state index contributed by atoms with van der Waals surface area (Å²) < 4.78 is 19.3. The summed E-state index contributed by atoms with van der Waals surface area (Å²) in [5.74, 6) is 0.242. The molecular formula is C24H22FN3O2S. The molecule has 0 aliphatic rings. The number of aromatic nitrogens is 1. The van der Waals surface area contributed by atoms with Crippen LogP contribution in [0.15, 0.2) is 71.5 Å². The molecule has 5 nitrogen and oxygen atoms in total. The molecule has 158 valence electrons. The quantitative estimate of drug-likeness (QED) is 0.363. The van der Waals surface area contributed by atoms with Gasteiger partial charge in [0.2, 0.25) is 0 Å². The highest BCUT2D eigenvalue weighted by molar-refractivity contribution is 7.16. The number of pyridine rings is 1. The Hall–Kier alpha value is -3.45. The number of thiophene rings is 1. The van der Waals surface area contributed by atoms with Crippen molar-refractivity contribution in [2.75, 3.05) is 10.6 Å². The molecule has 0 saturated heterocycles. The van der Waals surface area contributed by atoms with Gasteiger partial charge >= 0.3 is 0 Å². The fraction of sp³-hybridized carbons (Fsp3) is 0.167. The van der Waals surface area contributed by atoms with Crippen molar-refractivity contribution in [2.24, 2.45) is 0 Å². The molecule has 0 radical (unpaired) electrons. The summed E-state index contributed by atoms with van der Waals surface area (Å²) in [5, 5.41) is 7.07. The summed E-state index contributed by atoms with van der Waals surface area (Å²) in [6.45, 7) is 4.04. The second kappa shape index (κ2) is 9.14. The second-order valence-electron chi connectivity index (χ2n) is 7.13. The number of nitrogens with one attached hydrogen (secondary N) is 2. The van der Waals surface area contributed by atoms with Crippen LogP contribution < -0.4 is 10.6 Å². The van der Waals surface area contributed by atoms with E-state index in [-0.39, 0.29) is 17.5 Å². The van der Waals surface area contributed by atoms with Crippen molar-refractivity contribution in [3.8, 4) is 0 Å². The Morgan fingerprint density at radius 3 is 2.77 bits per heavy atom. The number of amides is 1. The van der Waals surface area contributed by atoms with Gasteiger partial charge in [-0.1, -0.05) is 19.1 Å². The number of rotatable bonds is 7. The molecule has 1 aromatic carbocycles. The van der Waals surface area contributed by atoms with Crippen LogP contribution in [0.1, 0.15) is 45.1 Å². The minimum atomic E-state index is -0.409. The number of benzene rings is 1. The van der Waals surface area contributed by atoms with Crippen molar-refractivity contribution in [3.05, 3.63) is 100 Å². The first-order valence-electron chi connectivity index (χ1n) is 9.95. The highest BCUT2D eigenvalue weighted by Gasteiger charge is 2.23. The first-order valence-corrected chi connectivity index (χ1v) is 10.8. The van der Waals surface area contributed by atoms with Crippen molar-refractivity contribution in [3.63, 3.8) is 0 Å². The average molecular weight is 436 g/mol. The number of nitrogens with zero attached hydrogens (tertiary/aromatic N) is 1. The Balaban J connectivity index is 1.76. The number of hydrogen-bond acceptors (Lipinski definition) is 5. The average Bonchev–Trinajstić information content (AvgIpc) is 3.42. The first-order chi connectivity index (χ1) is 15.0. The van der Waals surface area contributed by atoms with Crippen LogP contribution in [0.3, 0.4) is 0 Å². The van der Waals surface area contributed by atoms with E-state index in [0.717, 1.165) is 28.0 Å².